The minimum atomic E-state index is -0.122. The van der Waals surface area contributed by atoms with Gasteiger partial charge in [-0.2, -0.15) is 5.10 Å². The molecule has 3 aromatic rings. The number of hydrogen-bond acceptors (Lipinski definition) is 5. The Balaban J connectivity index is 1.36. The molecule has 1 aliphatic heterocycles. The molecule has 1 N–H and O–H groups in total. The largest absolute Gasteiger partial charge is 0.354 e. The van der Waals surface area contributed by atoms with Crippen LogP contribution < -0.4 is 5.32 Å². The van der Waals surface area contributed by atoms with E-state index in [4.69, 9.17) is 0 Å². The third-order valence-electron chi connectivity index (χ3n) is 5.10. The van der Waals surface area contributed by atoms with Crippen molar-refractivity contribution in [3.05, 3.63) is 70.4 Å². The number of fused-ring (bicyclic) bond motifs is 1. The molecule has 1 aromatic carbocycles. The van der Waals surface area contributed by atoms with Crippen molar-refractivity contribution in [2.45, 2.75) is 31.8 Å². The van der Waals surface area contributed by atoms with Crippen LogP contribution in [-0.4, -0.2) is 44.6 Å². The summed E-state index contributed by atoms with van der Waals surface area (Å²) in [6.45, 7) is 1.70. The maximum atomic E-state index is 13.0. The number of rotatable bonds is 7. The van der Waals surface area contributed by atoms with Gasteiger partial charge in [0.2, 0.25) is 11.8 Å². The van der Waals surface area contributed by atoms with Gasteiger partial charge in [-0.1, -0.05) is 30.3 Å². The van der Waals surface area contributed by atoms with E-state index in [1.165, 1.54) is 16.8 Å². The summed E-state index contributed by atoms with van der Waals surface area (Å²) in [5, 5.41) is 8.93. The highest BCUT2D eigenvalue weighted by Gasteiger charge is 2.32. The summed E-state index contributed by atoms with van der Waals surface area (Å²) in [7, 11) is 0. The predicted molar refractivity (Wildman–Crippen MR) is 110 cm³/mol. The number of thiophene rings is 1. The maximum absolute atomic E-state index is 13.0. The average molecular weight is 410 g/mol. The molecule has 0 radical (unpaired) electrons. The molecule has 8 heteroatoms. The van der Waals surface area contributed by atoms with Crippen LogP contribution in [0.2, 0.25) is 0 Å². The topological polar surface area (TPSA) is 80.1 Å². The first kappa shape index (κ1) is 19.3. The molecule has 1 aliphatic rings. The lowest BCUT2D eigenvalue weighted by Crippen LogP contribution is -2.40. The van der Waals surface area contributed by atoms with Gasteiger partial charge in [0.15, 0.2) is 0 Å². The number of nitrogens with zero attached hydrogens (tertiary/aromatic N) is 4. The Morgan fingerprint density at radius 1 is 1.17 bits per heavy atom. The van der Waals surface area contributed by atoms with Crippen molar-refractivity contribution >= 4 is 23.2 Å². The summed E-state index contributed by atoms with van der Waals surface area (Å²) in [4.78, 5) is 32.3. The summed E-state index contributed by atoms with van der Waals surface area (Å²) in [6.07, 6.45) is 4.32. The van der Waals surface area contributed by atoms with Gasteiger partial charge in [-0.05, 0) is 29.0 Å². The van der Waals surface area contributed by atoms with Crippen molar-refractivity contribution in [3.63, 3.8) is 0 Å². The van der Waals surface area contributed by atoms with Crippen LogP contribution in [0.1, 0.15) is 34.9 Å². The fourth-order valence-corrected chi connectivity index (χ4v) is 4.59. The van der Waals surface area contributed by atoms with Gasteiger partial charge >= 0.3 is 0 Å². The summed E-state index contributed by atoms with van der Waals surface area (Å²) in [5.41, 5.74) is 2.32. The van der Waals surface area contributed by atoms with Crippen LogP contribution >= 0.6 is 11.3 Å². The highest BCUT2D eigenvalue weighted by Crippen LogP contribution is 2.38. The Kier molecular flexibility index (Phi) is 6.00. The number of aromatic nitrogens is 3. The minimum absolute atomic E-state index is 0.0159. The quantitative estimate of drug-likeness (QED) is 0.650. The first-order chi connectivity index (χ1) is 14.2. The zero-order chi connectivity index (χ0) is 20.1. The predicted octanol–water partition coefficient (Wildman–Crippen LogP) is 2.41. The molecule has 29 heavy (non-hydrogen) atoms. The lowest BCUT2D eigenvalue weighted by molar-refractivity contribution is -0.135. The second-order valence-corrected chi connectivity index (χ2v) is 7.96. The van der Waals surface area contributed by atoms with Crippen LogP contribution in [0.4, 0.5) is 0 Å². The second kappa shape index (κ2) is 9.00. The van der Waals surface area contributed by atoms with E-state index in [0.29, 0.717) is 19.6 Å². The van der Waals surface area contributed by atoms with Crippen molar-refractivity contribution in [1.82, 2.24) is 25.0 Å². The van der Waals surface area contributed by atoms with E-state index in [-0.39, 0.29) is 30.7 Å². The Labute approximate surface area is 173 Å². The molecule has 2 aromatic heterocycles. The molecule has 0 fully saturated rings. The number of carbonyl (C=O) groups excluding carboxylic acids is 2. The summed E-state index contributed by atoms with van der Waals surface area (Å²) in [6, 6.07) is 12.2. The fourth-order valence-electron chi connectivity index (χ4n) is 3.69. The molecule has 0 saturated heterocycles. The zero-order valence-electron chi connectivity index (χ0n) is 16.0. The van der Waals surface area contributed by atoms with Crippen LogP contribution in [0, 0.1) is 0 Å². The average Bonchev–Trinajstić information content (AvgIpc) is 3.43. The van der Waals surface area contributed by atoms with Crippen molar-refractivity contribution in [2.24, 2.45) is 0 Å². The Hall–Kier alpha value is -3.00. The molecule has 1 atom stereocenters. The molecular weight excluding hydrogens is 386 g/mol. The van der Waals surface area contributed by atoms with E-state index < -0.39 is 0 Å². The van der Waals surface area contributed by atoms with Crippen LogP contribution in [0.3, 0.4) is 0 Å². The monoisotopic (exact) mass is 409 g/mol. The highest BCUT2D eigenvalue weighted by atomic mass is 32.1. The minimum Gasteiger partial charge on any atom is -0.354 e. The van der Waals surface area contributed by atoms with E-state index in [1.807, 2.05) is 23.1 Å². The van der Waals surface area contributed by atoms with Gasteiger partial charge in [0.05, 0.1) is 12.6 Å². The van der Waals surface area contributed by atoms with Crippen molar-refractivity contribution in [1.29, 1.82) is 0 Å². The Morgan fingerprint density at radius 3 is 2.83 bits per heavy atom. The van der Waals surface area contributed by atoms with Gasteiger partial charge in [-0.3, -0.25) is 14.3 Å². The second-order valence-electron chi connectivity index (χ2n) is 6.96. The lowest BCUT2D eigenvalue weighted by Gasteiger charge is -2.36. The molecule has 0 saturated carbocycles. The molecule has 0 aliphatic carbocycles. The van der Waals surface area contributed by atoms with E-state index >= 15 is 0 Å². The van der Waals surface area contributed by atoms with E-state index in [9.17, 15) is 9.59 Å². The molecule has 150 valence electrons. The van der Waals surface area contributed by atoms with Crippen LogP contribution in [0.15, 0.2) is 54.4 Å². The molecule has 2 amide bonds. The fraction of sp³-hybridized carbons (Fsp3) is 0.333. The number of nitrogens with one attached hydrogen (secondary N) is 1. The first-order valence-corrected chi connectivity index (χ1v) is 10.6. The van der Waals surface area contributed by atoms with Gasteiger partial charge in [0, 0.05) is 30.8 Å². The van der Waals surface area contributed by atoms with Gasteiger partial charge in [0.25, 0.3) is 0 Å². The van der Waals surface area contributed by atoms with Gasteiger partial charge in [0.1, 0.15) is 12.7 Å². The number of amides is 2. The van der Waals surface area contributed by atoms with Crippen LogP contribution in [0.5, 0.6) is 0 Å². The van der Waals surface area contributed by atoms with Crippen molar-refractivity contribution < 1.29 is 9.59 Å². The summed E-state index contributed by atoms with van der Waals surface area (Å²) >= 11 is 1.75. The van der Waals surface area contributed by atoms with Gasteiger partial charge < -0.3 is 10.2 Å². The SMILES string of the molecule is O=C(CCC(=O)N1CCc2sccc2C1c1ccccc1)NCCn1cncn1. The summed E-state index contributed by atoms with van der Waals surface area (Å²) in [5.74, 6) is -0.106. The number of carbonyl (C=O) groups is 2. The van der Waals surface area contributed by atoms with E-state index in [1.54, 1.807) is 22.3 Å². The van der Waals surface area contributed by atoms with Crippen LogP contribution in [0.25, 0.3) is 0 Å². The number of benzene rings is 1. The van der Waals surface area contributed by atoms with E-state index in [0.717, 1.165) is 12.0 Å². The first-order valence-electron chi connectivity index (χ1n) is 9.72. The normalized spacial score (nSPS) is 15.7. The smallest absolute Gasteiger partial charge is 0.223 e. The maximum Gasteiger partial charge on any atom is 0.223 e. The molecule has 1 unspecified atom stereocenters. The Bertz CT molecular complexity index is 955. The highest BCUT2D eigenvalue weighted by molar-refractivity contribution is 7.10. The van der Waals surface area contributed by atoms with E-state index in [2.05, 4.69) is 39.0 Å². The molecular formula is C21H23N5O2S. The van der Waals surface area contributed by atoms with Crippen LogP contribution in [-0.2, 0) is 22.6 Å². The van der Waals surface area contributed by atoms with Crippen molar-refractivity contribution in [2.75, 3.05) is 13.1 Å². The van der Waals surface area contributed by atoms with Crippen molar-refractivity contribution in [3.8, 4) is 0 Å². The molecule has 4 rings (SSSR count). The lowest BCUT2D eigenvalue weighted by atomic mass is 9.93. The molecule has 0 bridgehead atoms. The zero-order valence-corrected chi connectivity index (χ0v) is 16.8. The van der Waals surface area contributed by atoms with Gasteiger partial charge in [-0.15, -0.1) is 11.3 Å². The van der Waals surface area contributed by atoms with Gasteiger partial charge in [-0.25, -0.2) is 4.98 Å². The third kappa shape index (κ3) is 4.54. The molecule has 7 nitrogen and oxygen atoms in total. The molecule has 3 heterocycles. The number of hydrogen-bond donors (Lipinski definition) is 1. The Morgan fingerprint density at radius 2 is 2.03 bits per heavy atom. The summed E-state index contributed by atoms with van der Waals surface area (Å²) < 4.78 is 1.65. The standard InChI is InChI=1S/C21H23N5O2S/c27-19(23-10-12-25-15-22-14-24-25)6-7-20(28)26-11-8-18-17(9-13-29-18)21(26)16-4-2-1-3-5-16/h1-5,9,13-15,21H,6-8,10-12H2,(H,23,27). The molecule has 0 spiro atoms. The third-order valence-corrected chi connectivity index (χ3v) is 6.09.